The van der Waals surface area contributed by atoms with Crippen LogP contribution in [0.4, 0.5) is 0 Å². The van der Waals surface area contributed by atoms with Gasteiger partial charge in [0.25, 0.3) is 0 Å². The van der Waals surface area contributed by atoms with Crippen molar-refractivity contribution >= 4 is 0 Å². The molecular formula is C14H27N3. The summed E-state index contributed by atoms with van der Waals surface area (Å²) in [5, 5.41) is 7.08. The SMILES string of the molecule is C=C(NC1(C)CCN(C(C)C)CC1)C1CCN1. The molecule has 0 aliphatic carbocycles. The van der Waals surface area contributed by atoms with Gasteiger partial charge in [-0.15, -0.1) is 0 Å². The Morgan fingerprint density at radius 1 is 1.41 bits per heavy atom. The Kier molecular flexibility index (Phi) is 3.79. The lowest BCUT2D eigenvalue weighted by Crippen LogP contribution is -2.56. The van der Waals surface area contributed by atoms with Crippen molar-refractivity contribution < 1.29 is 0 Å². The number of nitrogens with one attached hydrogen (secondary N) is 2. The second kappa shape index (κ2) is 4.99. The van der Waals surface area contributed by atoms with Crippen LogP contribution in [0.15, 0.2) is 12.3 Å². The molecule has 1 unspecified atom stereocenters. The Morgan fingerprint density at radius 3 is 2.41 bits per heavy atom. The molecule has 0 saturated carbocycles. The van der Waals surface area contributed by atoms with Crippen molar-refractivity contribution in [1.82, 2.24) is 15.5 Å². The van der Waals surface area contributed by atoms with Crippen LogP contribution >= 0.6 is 0 Å². The first kappa shape index (κ1) is 12.9. The van der Waals surface area contributed by atoms with Gasteiger partial charge >= 0.3 is 0 Å². The minimum atomic E-state index is 0.250. The minimum Gasteiger partial charge on any atom is -0.382 e. The van der Waals surface area contributed by atoms with Gasteiger partial charge in [0.15, 0.2) is 0 Å². The fourth-order valence-electron chi connectivity index (χ4n) is 2.72. The lowest BCUT2D eigenvalue weighted by atomic mass is 9.88. The summed E-state index contributed by atoms with van der Waals surface area (Å²) in [5.74, 6) is 0. The van der Waals surface area contributed by atoms with Gasteiger partial charge in [-0.3, -0.25) is 0 Å². The molecule has 2 aliphatic rings. The molecule has 2 rings (SSSR count). The number of likely N-dealkylation sites (tertiary alicyclic amines) is 1. The van der Waals surface area contributed by atoms with Crippen LogP contribution in [0.5, 0.6) is 0 Å². The maximum Gasteiger partial charge on any atom is 0.0475 e. The highest BCUT2D eigenvalue weighted by Crippen LogP contribution is 2.25. The Balaban J connectivity index is 1.82. The van der Waals surface area contributed by atoms with Crippen molar-refractivity contribution in [3.63, 3.8) is 0 Å². The van der Waals surface area contributed by atoms with E-state index >= 15 is 0 Å². The molecule has 0 aromatic rings. The third-order valence-electron chi connectivity index (χ3n) is 4.34. The highest BCUT2D eigenvalue weighted by Gasteiger charge is 2.32. The zero-order valence-electron chi connectivity index (χ0n) is 11.6. The van der Waals surface area contributed by atoms with Crippen LogP contribution in [-0.2, 0) is 0 Å². The summed E-state index contributed by atoms with van der Waals surface area (Å²) < 4.78 is 0. The van der Waals surface area contributed by atoms with Crippen LogP contribution in [0.1, 0.15) is 40.0 Å². The summed E-state index contributed by atoms with van der Waals surface area (Å²) in [6, 6.07) is 1.19. The first-order valence-corrected chi connectivity index (χ1v) is 6.95. The number of nitrogens with zero attached hydrogens (tertiary/aromatic N) is 1. The molecule has 2 N–H and O–H groups in total. The van der Waals surface area contributed by atoms with Crippen molar-refractivity contribution in [3.8, 4) is 0 Å². The first-order chi connectivity index (χ1) is 8.00. The van der Waals surface area contributed by atoms with E-state index < -0.39 is 0 Å². The highest BCUT2D eigenvalue weighted by molar-refractivity contribution is 5.11. The number of piperidine rings is 1. The van der Waals surface area contributed by atoms with Gasteiger partial charge < -0.3 is 15.5 Å². The van der Waals surface area contributed by atoms with E-state index in [2.05, 4.69) is 42.9 Å². The average Bonchev–Trinajstić information content (AvgIpc) is 2.14. The highest BCUT2D eigenvalue weighted by atomic mass is 15.2. The lowest BCUT2D eigenvalue weighted by molar-refractivity contribution is 0.123. The predicted molar refractivity (Wildman–Crippen MR) is 73.0 cm³/mol. The Morgan fingerprint density at radius 2 is 2.00 bits per heavy atom. The van der Waals surface area contributed by atoms with Gasteiger partial charge in [0, 0.05) is 36.4 Å². The van der Waals surface area contributed by atoms with Gasteiger partial charge in [-0.25, -0.2) is 0 Å². The topological polar surface area (TPSA) is 27.3 Å². The van der Waals surface area contributed by atoms with Crippen LogP contribution in [0.3, 0.4) is 0 Å². The van der Waals surface area contributed by atoms with Gasteiger partial charge in [0.05, 0.1) is 0 Å². The molecule has 2 saturated heterocycles. The predicted octanol–water partition coefficient (Wildman–Crippen LogP) is 1.71. The van der Waals surface area contributed by atoms with Crippen LogP contribution in [0, 0.1) is 0 Å². The number of rotatable bonds is 4. The molecule has 2 heterocycles. The standard InChI is InChI=1S/C14H27N3/c1-11(2)17-9-6-14(4,7-10-17)16-12(3)13-5-8-15-13/h11,13,15-16H,3,5-10H2,1-2,4H3. The summed E-state index contributed by atoms with van der Waals surface area (Å²) >= 11 is 0. The molecule has 3 heteroatoms. The molecule has 0 radical (unpaired) electrons. The number of hydrogen-bond acceptors (Lipinski definition) is 3. The third-order valence-corrected chi connectivity index (χ3v) is 4.34. The molecule has 2 fully saturated rings. The molecule has 0 amide bonds. The molecular weight excluding hydrogens is 210 g/mol. The van der Waals surface area contributed by atoms with E-state index in [1.165, 1.54) is 38.0 Å². The molecule has 98 valence electrons. The second-order valence-corrected chi connectivity index (χ2v) is 6.14. The molecule has 3 nitrogen and oxygen atoms in total. The van der Waals surface area contributed by atoms with Gasteiger partial charge in [-0.05, 0) is 46.6 Å². The van der Waals surface area contributed by atoms with Crippen LogP contribution in [-0.4, -0.2) is 42.2 Å². The molecule has 0 bridgehead atoms. The Labute approximate surface area is 106 Å². The van der Waals surface area contributed by atoms with Crippen LogP contribution in [0.2, 0.25) is 0 Å². The fourth-order valence-corrected chi connectivity index (χ4v) is 2.72. The zero-order valence-corrected chi connectivity index (χ0v) is 11.6. The third kappa shape index (κ3) is 3.02. The maximum absolute atomic E-state index is 4.18. The average molecular weight is 237 g/mol. The van der Waals surface area contributed by atoms with Crippen molar-refractivity contribution in [3.05, 3.63) is 12.3 Å². The summed E-state index contributed by atoms with van der Waals surface area (Å²) in [4.78, 5) is 2.56. The minimum absolute atomic E-state index is 0.250. The Bertz CT molecular complexity index is 273. The van der Waals surface area contributed by atoms with E-state index in [-0.39, 0.29) is 5.54 Å². The molecule has 2 aliphatic heterocycles. The summed E-state index contributed by atoms with van der Waals surface area (Å²) in [5.41, 5.74) is 1.44. The van der Waals surface area contributed by atoms with Crippen molar-refractivity contribution in [2.24, 2.45) is 0 Å². The Hall–Kier alpha value is -0.540. The molecule has 0 spiro atoms. The molecule has 1 atom stereocenters. The maximum atomic E-state index is 4.18. The summed E-state index contributed by atoms with van der Waals surface area (Å²) in [7, 11) is 0. The van der Waals surface area contributed by atoms with Crippen LogP contribution in [0.25, 0.3) is 0 Å². The zero-order chi connectivity index (χ0) is 12.5. The van der Waals surface area contributed by atoms with E-state index in [9.17, 15) is 0 Å². The smallest absolute Gasteiger partial charge is 0.0475 e. The van der Waals surface area contributed by atoms with E-state index in [0.717, 1.165) is 6.54 Å². The number of hydrogen-bond donors (Lipinski definition) is 2. The normalized spacial score (nSPS) is 28.8. The van der Waals surface area contributed by atoms with Crippen molar-refractivity contribution in [2.75, 3.05) is 19.6 Å². The monoisotopic (exact) mass is 237 g/mol. The quantitative estimate of drug-likeness (QED) is 0.779. The summed E-state index contributed by atoms with van der Waals surface area (Å²) in [6.07, 6.45) is 3.67. The molecule has 0 aromatic heterocycles. The largest absolute Gasteiger partial charge is 0.382 e. The van der Waals surface area contributed by atoms with E-state index in [1.54, 1.807) is 0 Å². The lowest BCUT2D eigenvalue weighted by Gasteiger charge is -2.44. The van der Waals surface area contributed by atoms with Crippen LogP contribution < -0.4 is 10.6 Å². The van der Waals surface area contributed by atoms with Crippen molar-refractivity contribution in [2.45, 2.75) is 57.7 Å². The molecule has 17 heavy (non-hydrogen) atoms. The van der Waals surface area contributed by atoms with E-state index in [4.69, 9.17) is 0 Å². The molecule has 0 aromatic carbocycles. The van der Waals surface area contributed by atoms with Gasteiger partial charge in [-0.2, -0.15) is 0 Å². The second-order valence-electron chi connectivity index (χ2n) is 6.14. The summed E-state index contributed by atoms with van der Waals surface area (Å²) in [6.45, 7) is 14.6. The van der Waals surface area contributed by atoms with Gasteiger partial charge in [0.1, 0.15) is 0 Å². The first-order valence-electron chi connectivity index (χ1n) is 6.95. The fraction of sp³-hybridized carbons (Fsp3) is 0.857. The van der Waals surface area contributed by atoms with Gasteiger partial charge in [0.2, 0.25) is 0 Å². The van der Waals surface area contributed by atoms with Crippen molar-refractivity contribution in [1.29, 1.82) is 0 Å². The van der Waals surface area contributed by atoms with Gasteiger partial charge in [-0.1, -0.05) is 6.58 Å². The van der Waals surface area contributed by atoms with E-state index in [0.29, 0.717) is 12.1 Å². The van der Waals surface area contributed by atoms with E-state index in [1.807, 2.05) is 0 Å².